The highest BCUT2D eigenvalue weighted by molar-refractivity contribution is 9.11. The number of nitrogens with zero attached hydrogens (tertiary/aromatic N) is 4. The van der Waals surface area contributed by atoms with Gasteiger partial charge in [0.15, 0.2) is 5.82 Å². The SMILES string of the molecule is CNc1ccccc1-c1nnc2sc(-c3cc(Br)cc(Br)c3N)nn12. The Bertz CT molecular complexity index is 1090. The maximum Gasteiger partial charge on any atom is 0.235 e. The lowest BCUT2D eigenvalue weighted by atomic mass is 10.1. The van der Waals surface area contributed by atoms with Gasteiger partial charge in [-0.15, -0.1) is 10.2 Å². The molecule has 2 aromatic carbocycles. The van der Waals surface area contributed by atoms with Gasteiger partial charge in [-0.3, -0.25) is 0 Å². The summed E-state index contributed by atoms with van der Waals surface area (Å²) >= 11 is 8.42. The van der Waals surface area contributed by atoms with Crippen LogP contribution in [-0.2, 0) is 0 Å². The highest BCUT2D eigenvalue weighted by Crippen LogP contribution is 2.38. The molecule has 4 rings (SSSR count). The Labute approximate surface area is 164 Å². The van der Waals surface area contributed by atoms with Crippen LogP contribution in [0.3, 0.4) is 0 Å². The molecule has 0 aliphatic rings. The van der Waals surface area contributed by atoms with E-state index in [1.165, 1.54) is 11.3 Å². The Kier molecular flexibility index (Phi) is 4.22. The van der Waals surface area contributed by atoms with Gasteiger partial charge in [0.25, 0.3) is 0 Å². The maximum atomic E-state index is 6.21. The molecule has 0 saturated heterocycles. The number of halogens is 2. The lowest BCUT2D eigenvalue weighted by Crippen LogP contribution is -1.97. The summed E-state index contributed by atoms with van der Waals surface area (Å²) in [5, 5.41) is 17.2. The summed E-state index contributed by atoms with van der Waals surface area (Å²) in [5.74, 6) is 0.690. The standard InChI is InChI=1S/C16H12Br2N6S/c1-20-12-5-3-2-4-9(12)14-21-22-16-24(14)23-15(25-16)10-6-8(17)7-11(18)13(10)19/h2-7,20H,19H2,1H3. The van der Waals surface area contributed by atoms with Gasteiger partial charge in [-0.25, -0.2) is 0 Å². The van der Waals surface area contributed by atoms with Crippen LogP contribution in [0.15, 0.2) is 45.3 Å². The first kappa shape index (κ1) is 16.5. The van der Waals surface area contributed by atoms with E-state index in [1.54, 1.807) is 4.52 Å². The van der Waals surface area contributed by atoms with Crippen LogP contribution in [0.2, 0.25) is 0 Å². The van der Waals surface area contributed by atoms with Gasteiger partial charge >= 0.3 is 0 Å². The van der Waals surface area contributed by atoms with E-state index in [4.69, 9.17) is 10.8 Å². The van der Waals surface area contributed by atoms with Gasteiger partial charge in [0.2, 0.25) is 4.96 Å². The third-order valence-corrected chi connectivity index (χ3v) is 5.80. The van der Waals surface area contributed by atoms with Gasteiger partial charge in [-0.05, 0) is 40.2 Å². The minimum Gasteiger partial charge on any atom is -0.397 e. The highest BCUT2D eigenvalue weighted by Gasteiger charge is 2.18. The Morgan fingerprint density at radius 1 is 1.12 bits per heavy atom. The summed E-state index contributed by atoms with van der Waals surface area (Å²) in [6.07, 6.45) is 0. The van der Waals surface area contributed by atoms with Crippen molar-refractivity contribution < 1.29 is 0 Å². The summed E-state index contributed by atoms with van der Waals surface area (Å²) in [7, 11) is 1.88. The molecule has 0 saturated carbocycles. The number of aromatic nitrogens is 4. The molecule has 2 heterocycles. The molecule has 0 unspecified atom stereocenters. The van der Waals surface area contributed by atoms with Gasteiger partial charge in [-0.2, -0.15) is 9.61 Å². The van der Waals surface area contributed by atoms with Crippen molar-refractivity contribution in [1.82, 2.24) is 19.8 Å². The van der Waals surface area contributed by atoms with Crippen LogP contribution in [0.1, 0.15) is 0 Å². The minimum atomic E-state index is 0.644. The lowest BCUT2D eigenvalue weighted by molar-refractivity contribution is 0.971. The van der Waals surface area contributed by atoms with E-state index in [1.807, 2.05) is 43.4 Å². The zero-order valence-corrected chi connectivity index (χ0v) is 17.0. The Balaban J connectivity index is 1.90. The van der Waals surface area contributed by atoms with E-state index in [9.17, 15) is 0 Å². The van der Waals surface area contributed by atoms with Crippen molar-refractivity contribution >= 4 is 59.5 Å². The van der Waals surface area contributed by atoms with Gasteiger partial charge in [-0.1, -0.05) is 39.4 Å². The predicted octanol–water partition coefficient (Wildman–Crippen LogP) is 4.67. The van der Waals surface area contributed by atoms with Crippen molar-refractivity contribution in [2.24, 2.45) is 0 Å². The number of nitrogen functional groups attached to an aromatic ring is 1. The summed E-state index contributed by atoms with van der Waals surface area (Å²) in [6, 6.07) is 11.8. The zero-order valence-electron chi connectivity index (χ0n) is 13.0. The second-order valence-corrected chi connectivity index (χ2v) is 8.00. The van der Waals surface area contributed by atoms with Crippen LogP contribution in [-0.4, -0.2) is 26.9 Å². The average Bonchev–Trinajstić information content (AvgIpc) is 3.18. The molecule has 0 fully saturated rings. The molecule has 0 aliphatic carbocycles. The van der Waals surface area contributed by atoms with Crippen LogP contribution in [0.5, 0.6) is 0 Å². The molecule has 25 heavy (non-hydrogen) atoms. The first-order valence-corrected chi connectivity index (χ1v) is 9.73. The smallest absolute Gasteiger partial charge is 0.235 e. The van der Waals surface area contributed by atoms with Gasteiger partial charge < -0.3 is 11.1 Å². The van der Waals surface area contributed by atoms with Crippen molar-refractivity contribution in [3.05, 3.63) is 45.3 Å². The molecule has 0 spiro atoms. The third-order valence-electron chi connectivity index (χ3n) is 3.75. The van der Waals surface area contributed by atoms with Crippen LogP contribution in [0, 0.1) is 0 Å². The molecule has 126 valence electrons. The fraction of sp³-hybridized carbons (Fsp3) is 0.0625. The second-order valence-electron chi connectivity index (χ2n) is 5.27. The lowest BCUT2D eigenvalue weighted by Gasteiger charge is -2.06. The average molecular weight is 480 g/mol. The second kappa shape index (κ2) is 6.40. The molecular weight excluding hydrogens is 468 g/mol. The van der Waals surface area contributed by atoms with E-state index in [-0.39, 0.29) is 0 Å². The highest BCUT2D eigenvalue weighted by atomic mass is 79.9. The molecular formula is C16H12Br2N6S. The molecule has 6 nitrogen and oxygen atoms in total. The van der Waals surface area contributed by atoms with E-state index < -0.39 is 0 Å². The maximum absolute atomic E-state index is 6.21. The van der Waals surface area contributed by atoms with E-state index in [2.05, 4.69) is 47.4 Å². The summed E-state index contributed by atoms with van der Waals surface area (Å²) < 4.78 is 3.50. The molecule has 9 heteroatoms. The molecule has 0 atom stereocenters. The molecule has 3 N–H and O–H groups in total. The minimum absolute atomic E-state index is 0.644. The third kappa shape index (κ3) is 2.82. The number of anilines is 2. The summed E-state index contributed by atoms with van der Waals surface area (Å²) in [4.78, 5) is 0.714. The number of para-hydroxylation sites is 1. The van der Waals surface area contributed by atoms with E-state index in [0.29, 0.717) is 16.5 Å². The summed E-state index contributed by atoms with van der Waals surface area (Å²) in [5.41, 5.74) is 9.62. The van der Waals surface area contributed by atoms with Crippen molar-refractivity contribution in [1.29, 1.82) is 0 Å². The molecule has 0 radical (unpaired) electrons. The van der Waals surface area contributed by atoms with Crippen molar-refractivity contribution in [2.75, 3.05) is 18.1 Å². The first-order valence-electron chi connectivity index (χ1n) is 7.32. The number of nitrogens with two attached hydrogens (primary N) is 1. The van der Waals surface area contributed by atoms with Crippen molar-refractivity contribution in [3.63, 3.8) is 0 Å². The van der Waals surface area contributed by atoms with Gasteiger partial charge in [0.05, 0.1) is 5.69 Å². The topological polar surface area (TPSA) is 81.1 Å². The Morgan fingerprint density at radius 2 is 1.92 bits per heavy atom. The van der Waals surface area contributed by atoms with Crippen molar-refractivity contribution in [3.8, 4) is 22.0 Å². The molecule has 0 amide bonds. The fourth-order valence-electron chi connectivity index (χ4n) is 2.55. The Hall–Kier alpha value is -1.97. The number of hydrogen-bond acceptors (Lipinski definition) is 6. The quantitative estimate of drug-likeness (QED) is 0.417. The predicted molar refractivity (Wildman–Crippen MR) is 109 cm³/mol. The molecule has 0 bridgehead atoms. The molecule has 2 aromatic heterocycles. The zero-order chi connectivity index (χ0) is 17.6. The van der Waals surface area contributed by atoms with E-state index in [0.717, 1.165) is 30.8 Å². The number of fused-ring (bicyclic) bond motifs is 1. The Morgan fingerprint density at radius 3 is 2.72 bits per heavy atom. The van der Waals surface area contributed by atoms with Crippen molar-refractivity contribution in [2.45, 2.75) is 0 Å². The van der Waals surface area contributed by atoms with Gasteiger partial charge in [0.1, 0.15) is 5.01 Å². The normalized spacial score (nSPS) is 11.2. The monoisotopic (exact) mass is 478 g/mol. The molecule has 4 aromatic rings. The number of rotatable bonds is 3. The largest absolute Gasteiger partial charge is 0.397 e. The number of benzene rings is 2. The number of hydrogen-bond donors (Lipinski definition) is 2. The first-order chi connectivity index (χ1) is 12.1. The van der Waals surface area contributed by atoms with Crippen LogP contribution in [0.25, 0.3) is 26.9 Å². The van der Waals surface area contributed by atoms with E-state index >= 15 is 0 Å². The summed E-state index contributed by atoms with van der Waals surface area (Å²) in [6.45, 7) is 0. The molecule has 0 aliphatic heterocycles. The van der Waals surface area contributed by atoms with Gasteiger partial charge in [0, 0.05) is 32.8 Å². The fourth-order valence-corrected chi connectivity index (χ4v) is 4.65. The van der Waals surface area contributed by atoms with Crippen LogP contribution >= 0.6 is 43.2 Å². The van der Waals surface area contributed by atoms with Crippen LogP contribution in [0.4, 0.5) is 11.4 Å². The van der Waals surface area contributed by atoms with Crippen LogP contribution < -0.4 is 11.1 Å². The number of nitrogens with one attached hydrogen (secondary N) is 1.